The normalized spacial score (nSPS) is 11.2. The molecule has 0 radical (unpaired) electrons. The number of nitrogens with zero attached hydrogens (tertiary/aromatic N) is 3. The fourth-order valence-corrected chi connectivity index (χ4v) is 2.81. The summed E-state index contributed by atoms with van der Waals surface area (Å²) in [7, 11) is 0. The van der Waals surface area contributed by atoms with Gasteiger partial charge in [-0.1, -0.05) is 17.7 Å². The highest BCUT2D eigenvalue weighted by Gasteiger charge is 2.10. The molecule has 2 aromatic heterocycles. The zero-order chi connectivity index (χ0) is 14.3. The van der Waals surface area contributed by atoms with Crippen LogP contribution in [0.4, 0.5) is 0 Å². The maximum absolute atomic E-state index is 6.01. The number of rotatable bonds is 2. The van der Waals surface area contributed by atoms with Crippen LogP contribution in [0.3, 0.4) is 0 Å². The van der Waals surface area contributed by atoms with Crippen molar-refractivity contribution in [3.05, 3.63) is 56.9 Å². The molecule has 20 heavy (non-hydrogen) atoms. The molecule has 3 rings (SSSR count). The molecule has 0 aliphatic rings. The monoisotopic (exact) mass is 349 g/mol. The van der Waals surface area contributed by atoms with Crippen LogP contribution < -0.4 is 0 Å². The third-order valence-electron chi connectivity index (χ3n) is 3.38. The van der Waals surface area contributed by atoms with Crippen molar-refractivity contribution in [3.8, 4) is 0 Å². The van der Waals surface area contributed by atoms with E-state index in [1.807, 2.05) is 31.2 Å². The van der Waals surface area contributed by atoms with Crippen molar-refractivity contribution in [2.45, 2.75) is 20.4 Å². The third-order valence-corrected chi connectivity index (χ3v) is 4.06. The average molecular weight is 351 g/mol. The molecule has 102 valence electrons. The molecule has 0 aliphatic carbocycles. The van der Waals surface area contributed by atoms with Gasteiger partial charge < -0.3 is 4.57 Å². The molecular weight excluding hydrogens is 338 g/mol. The Bertz CT molecular complexity index is 795. The molecule has 0 N–H and O–H groups in total. The van der Waals surface area contributed by atoms with E-state index in [1.165, 1.54) is 11.1 Å². The van der Waals surface area contributed by atoms with Crippen molar-refractivity contribution < 1.29 is 0 Å². The van der Waals surface area contributed by atoms with Gasteiger partial charge in [0.05, 0.1) is 6.54 Å². The van der Waals surface area contributed by atoms with E-state index in [0.29, 0.717) is 0 Å². The Hall–Kier alpha value is -1.39. The Labute approximate surface area is 130 Å². The first-order valence-corrected chi connectivity index (χ1v) is 7.46. The van der Waals surface area contributed by atoms with E-state index in [9.17, 15) is 0 Å². The Balaban J connectivity index is 2.10. The van der Waals surface area contributed by atoms with Crippen molar-refractivity contribution in [3.63, 3.8) is 0 Å². The summed E-state index contributed by atoms with van der Waals surface area (Å²) in [6.07, 6.45) is 0. The van der Waals surface area contributed by atoms with E-state index in [4.69, 9.17) is 11.6 Å². The van der Waals surface area contributed by atoms with Crippen molar-refractivity contribution in [2.75, 3.05) is 0 Å². The van der Waals surface area contributed by atoms with E-state index in [2.05, 4.69) is 43.5 Å². The third kappa shape index (κ3) is 2.45. The van der Waals surface area contributed by atoms with Crippen molar-refractivity contribution in [2.24, 2.45) is 0 Å². The lowest BCUT2D eigenvalue weighted by Crippen LogP contribution is -2.04. The molecule has 3 aromatic rings. The number of aromatic nitrogens is 3. The summed E-state index contributed by atoms with van der Waals surface area (Å²) in [5, 5.41) is 0.763. The van der Waals surface area contributed by atoms with Crippen LogP contribution >= 0.6 is 27.5 Å². The minimum absolute atomic E-state index is 0.745. The van der Waals surface area contributed by atoms with Crippen LogP contribution in [0.5, 0.6) is 0 Å². The number of halogens is 2. The highest BCUT2D eigenvalue weighted by Crippen LogP contribution is 2.21. The fourth-order valence-electron chi connectivity index (χ4n) is 2.29. The fraction of sp³-hybridized carbons (Fsp3) is 0.200. The van der Waals surface area contributed by atoms with Crippen LogP contribution in [0.1, 0.15) is 17.0 Å². The molecule has 0 atom stereocenters. The van der Waals surface area contributed by atoms with Crippen molar-refractivity contribution in [1.82, 2.24) is 14.5 Å². The number of fused-ring (bicyclic) bond motifs is 1. The number of benzene rings is 1. The van der Waals surface area contributed by atoms with Gasteiger partial charge in [-0.3, -0.25) is 0 Å². The summed E-state index contributed by atoms with van der Waals surface area (Å²) >= 11 is 9.42. The van der Waals surface area contributed by atoms with E-state index in [1.54, 1.807) is 0 Å². The second-order valence-electron chi connectivity index (χ2n) is 4.79. The quantitative estimate of drug-likeness (QED) is 0.637. The molecular formula is C15H13BrClN3. The second kappa shape index (κ2) is 5.19. The van der Waals surface area contributed by atoms with E-state index < -0.39 is 0 Å². The molecule has 0 amide bonds. The Kier molecular flexibility index (Phi) is 3.52. The van der Waals surface area contributed by atoms with Crippen LogP contribution in [-0.2, 0) is 6.54 Å². The van der Waals surface area contributed by atoms with Crippen LogP contribution in [0.25, 0.3) is 11.2 Å². The second-order valence-corrected chi connectivity index (χ2v) is 6.04. The SMILES string of the molecule is Cc1cc(Cl)ccc1Cn1c(C)nc2ccc(Br)nc21. The Morgan fingerprint density at radius 3 is 2.70 bits per heavy atom. The largest absolute Gasteiger partial charge is 0.308 e. The predicted molar refractivity (Wildman–Crippen MR) is 85.3 cm³/mol. The minimum atomic E-state index is 0.745. The lowest BCUT2D eigenvalue weighted by Gasteiger charge is -2.09. The molecule has 0 spiro atoms. The van der Waals surface area contributed by atoms with Gasteiger partial charge in [-0.25, -0.2) is 9.97 Å². The Morgan fingerprint density at radius 2 is 1.95 bits per heavy atom. The van der Waals surface area contributed by atoms with Crippen LogP contribution in [-0.4, -0.2) is 14.5 Å². The van der Waals surface area contributed by atoms with E-state index in [0.717, 1.165) is 33.2 Å². The summed E-state index contributed by atoms with van der Waals surface area (Å²) in [6.45, 7) is 4.81. The van der Waals surface area contributed by atoms with Crippen LogP contribution in [0.2, 0.25) is 5.02 Å². The van der Waals surface area contributed by atoms with Gasteiger partial charge in [0.15, 0.2) is 5.65 Å². The summed E-state index contributed by atoms with van der Waals surface area (Å²) in [6, 6.07) is 9.84. The molecule has 0 unspecified atom stereocenters. The molecule has 2 heterocycles. The van der Waals surface area contributed by atoms with Gasteiger partial charge >= 0.3 is 0 Å². The number of hydrogen-bond acceptors (Lipinski definition) is 2. The van der Waals surface area contributed by atoms with Crippen LogP contribution in [0, 0.1) is 13.8 Å². The molecule has 0 fully saturated rings. The lowest BCUT2D eigenvalue weighted by molar-refractivity contribution is 0.772. The van der Waals surface area contributed by atoms with E-state index in [-0.39, 0.29) is 0 Å². The van der Waals surface area contributed by atoms with Gasteiger partial charge in [-0.05, 0) is 65.2 Å². The average Bonchev–Trinajstić information content (AvgIpc) is 2.69. The zero-order valence-electron chi connectivity index (χ0n) is 11.2. The molecule has 0 saturated heterocycles. The number of imidazole rings is 1. The highest BCUT2D eigenvalue weighted by atomic mass is 79.9. The standard InChI is InChI=1S/C15H13BrClN3/c1-9-7-12(17)4-3-11(9)8-20-10(2)18-13-5-6-14(16)19-15(13)20/h3-7H,8H2,1-2H3. The highest BCUT2D eigenvalue weighted by molar-refractivity contribution is 9.10. The van der Waals surface area contributed by atoms with Crippen molar-refractivity contribution >= 4 is 38.7 Å². The van der Waals surface area contributed by atoms with Crippen molar-refractivity contribution in [1.29, 1.82) is 0 Å². The minimum Gasteiger partial charge on any atom is -0.308 e. The van der Waals surface area contributed by atoms with Gasteiger partial charge in [0.2, 0.25) is 0 Å². The van der Waals surface area contributed by atoms with Gasteiger partial charge in [-0.2, -0.15) is 0 Å². The maximum Gasteiger partial charge on any atom is 0.161 e. The van der Waals surface area contributed by atoms with Gasteiger partial charge in [0, 0.05) is 5.02 Å². The summed E-state index contributed by atoms with van der Waals surface area (Å²) in [4.78, 5) is 9.08. The number of hydrogen-bond donors (Lipinski definition) is 0. The summed E-state index contributed by atoms with van der Waals surface area (Å²) in [5.74, 6) is 0.958. The van der Waals surface area contributed by atoms with Gasteiger partial charge in [-0.15, -0.1) is 0 Å². The smallest absolute Gasteiger partial charge is 0.161 e. The van der Waals surface area contributed by atoms with E-state index >= 15 is 0 Å². The molecule has 5 heteroatoms. The molecule has 0 saturated carbocycles. The predicted octanol–water partition coefficient (Wildman–Crippen LogP) is 4.51. The summed E-state index contributed by atoms with van der Waals surface area (Å²) in [5.41, 5.74) is 4.20. The zero-order valence-corrected chi connectivity index (χ0v) is 13.5. The number of pyridine rings is 1. The first kappa shape index (κ1) is 13.6. The maximum atomic E-state index is 6.01. The lowest BCUT2D eigenvalue weighted by atomic mass is 10.1. The topological polar surface area (TPSA) is 30.7 Å². The molecule has 3 nitrogen and oxygen atoms in total. The number of aryl methyl sites for hydroxylation is 2. The van der Waals surface area contributed by atoms with Gasteiger partial charge in [0.25, 0.3) is 0 Å². The first-order valence-electron chi connectivity index (χ1n) is 6.29. The molecule has 1 aromatic carbocycles. The van der Waals surface area contributed by atoms with Gasteiger partial charge in [0.1, 0.15) is 15.9 Å². The van der Waals surface area contributed by atoms with Crippen LogP contribution in [0.15, 0.2) is 34.9 Å². The first-order chi connectivity index (χ1) is 9.54. The molecule has 0 bridgehead atoms. The molecule has 0 aliphatic heterocycles. The summed E-state index contributed by atoms with van der Waals surface area (Å²) < 4.78 is 2.94. The Morgan fingerprint density at radius 1 is 1.15 bits per heavy atom.